The lowest BCUT2D eigenvalue weighted by atomic mass is 10.1. The second-order valence-corrected chi connectivity index (χ2v) is 14.8. The summed E-state index contributed by atoms with van der Waals surface area (Å²) < 4.78 is 21.6. The molecule has 4 heterocycles. The maximum absolute atomic E-state index is 13.0. The third-order valence-electron chi connectivity index (χ3n) is 10.6. The summed E-state index contributed by atoms with van der Waals surface area (Å²) in [6, 6.07) is 23.6. The lowest BCUT2D eigenvalue weighted by Crippen LogP contribution is -2.43. The number of carbonyl (C=O) groups excluding carboxylic acids is 12. The predicted molar refractivity (Wildman–Crippen MR) is 225 cm³/mol. The van der Waals surface area contributed by atoms with Gasteiger partial charge in [-0.3, -0.25) is 58.0 Å². The summed E-state index contributed by atoms with van der Waals surface area (Å²) in [5.74, 6) is -8.87. The summed E-state index contributed by atoms with van der Waals surface area (Å²) >= 11 is 0. The number of esters is 4. The van der Waals surface area contributed by atoms with E-state index in [4.69, 9.17) is 18.9 Å². The molecule has 334 valence electrons. The standard InChI is InChI=1S/C48H26N4O16/c53-37-17-18-38(54)49(37)23-51-41(57)33-15-5-27(21-35(33)43(51)59)47(63)67-29-7-1-25(2-8-29)45(61)65-31-11-13-32(14-12-31)66-46(62)26-3-9-30(10-4-26)68-48(64)28-6-16-34-36(22-28)44(60)52(42(34)58)24-50-39(55)19-20-40(50)56/h1-22H,23-24H2. The van der Waals surface area contributed by atoms with Gasteiger partial charge >= 0.3 is 23.9 Å². The van der Waals surface area contributed by atoms with E-state index in [1.807, 2.05) is 0 Å². The molecule has 0 bridgehead atoms. The van der Waals surface area contributed by atoms with Crippen molar-refractivity contribution < 1.29 is 76.5 Å². The largest absolute Gasteiger partial charge is 0.423 e. The van der Waals surface area contributed by atoms with Gasteiger partial charge in [-0.25, -0.2) is 19.2 Å². The minimum atomic E-state index is -0.883. The highest BCUT2D eigenvalue weighted by molar-refractivity contribution is 6.24. The molecule has 0 aliphatic carbocycles. The lowest BCUT2D eigenvalue weighted by molar-refractivity contribution is -0.139. The molecule has 8 amide bonds. The number of amides is 8. The van der Waals surface area contributed by atoms with Crippen LogP contribution >= 0.6 is 0 Å². The molecule has 0 aromatic heterocycles. The summed E-state index contributed by atoms with van der Waals surface area (Å²) in [7, 11) is 0. The number of hydrogen-bond acceptors (Lipinski definition) is 16. The van der Waals surface area contributed by atoms with Crippen molar-refractivity contribution in [1.82, 2.24) is 19.6 Å². The van der Waals surface area contributed by atoms with Crippen molar-refractivity contribution in [2.75, 3.05) is 13.3 Å². The molecule has 0 atom stereocenters. The number of benzene rings is 5. The van der Waals surface area contributed by atoms with Gasteiger partial charge in [0, 0.05) is 24.3 Å². The van der Waals surface area contributed by atoms with Gasteiger partial charge in [0.25, 0.3) is 47.3 Å². The van der Waals surface area contributed by atoms with Gasteiger partial charge in [0.05, 0.1) is 44.5 Å². The molecule has 9 rings (SSSR count). The monoisotopic (exact) mass is 914 g/mol. The van der Waals surface area contributed by atoms with Gasteiger partial charge in [-0.2, -0.15) is 0 Å². The van der Waals surface area contributed by atoms with Crippen LogP contribution in [0, 0.1) is 0 Å². The molecule has 0 fully saturated rings. The fraction of sp³-hybridized carbons (Fsp3) is 0.0417. The van der Waals surface area contributed by atoms with Crippen molar-refractivity contribution in [3.05, 3.63) is 178 Å². The van der Waals surface area contributed by atoms with Gasteiger partial charge < -0.3 is 18.9 Å². The average Bonchev–Trinajstić information content (AvgIpc) is 3.99. The third kappa shape index (κ3) is 8.18. The Morgan fingerprint density at radius 3 is 0.868 bits per heavy atom. The molecule has 0 spiro atoms. The molecule has 4 aliphatic rings. The zero-order chi connectivity index (χ0) is 48.0. The van der Waals surface area contributed by atoms with Gasteiger partial charge in [-0.15, -0.1) is 0 Å². The second kappa shape index (κ2) is 17.2. The molecular formula is C48H26N4O16. The van der Waals surface area contributed by atoms with Crippen LogP contribution in [0.15, 0.2) is 133 Å². The molecule has 68 heavy (non-hydrogen) atoms. The molecule has 0 saturated carbocycles. The molecule has 20 heteroatoms. The average molecular weight is 915 g/mol. The van der Waals surface area contributed by atoms with Crippen LogP contribution in [0.5, 0.6) is 23.0 Å². The number of carbonyl (C=O) groups is 12. The highest BCUT2D eigenvalue weighted by Gasteiger charge is 2.41. The van der Waals surface area contributed by atoms with E-state index in [0.29, 0.717) is 0 Å². The van der Waals surface area contributed by atoms with Gasteiger partial charge in [-0.1, -0.05) is 0 Å². The summed E-state index contributed by atoms with van der Waals surface area (Å²) in [6.45, 7) is -1.18. The first-order valence-corrected chi connectivity index (χ1v) is 19.9. The van der Waals surface area contributed by atoms with Crippen LogP contribution in [0.25, 0.3) is 0 Å². The Morgan fingerprint density at radius 2 is 0.559 bits per heavy atom. The molecule has 0 saturated heterocycles. The van der Waals surface area contributed by atoms with Gasteiger partial charge in [0.2, 0.25) is 0 Å². The highest BCUT2D eigenvalue weighted by Crippen LogP contribution is 2.28. The number of fused-ring (bicyclic) bond motifs is 2. The summed E-state index contributed by atoms with van der Waals surface area (Å²) in [5.41, 5.74) is -0.264. The maximum Gasteiger partial charge on any atom is 0.343 e. The van der Waals surface area contributed by atoms with E-state index < -0.39 is 84.5 Å². The van der Waals surface area contributed by atoms with Crippen molar-refractivity contribution in [2.45, 2.75) is 0 Å². The van der Waals surface area contributed by atoms with Crippen molar-refractivity contribution >= 4 is 71.1 Å². The van der Waals surface area contributed by atoms with Crippen LogP contribution in [0.4, 0.5) is 0 Å². The lowest BCUT2D eigenvalue weighted by Gasteiger charge is -2.20. The molecule has 0 radical (unpaired) electrons. The third-order valence-corrected chi connectivity index (χ3v) is 10.6. The van der Waals surface area contributed by atoms with Crippen LogP contribution in [0.2, 0.25) is 0 Å². The number of nitrogens with zero attached hydrogens (tertiary/aromatic N) is 4. The Hall–Kier alpha value is -9.98. The van der Waals surface area contributed by atoms with E-state index in [-0.39, 0.29) is 67.5 Å². The van der Waals surface area contributed by atoms with Crippen molar-refractivity contribution in [1.29, 1.82) is 0 Å². The molecule has 4 aliphatic heterocycles. The second-order valence-electron chi connectivity index (χ2n) is 14.8. The summed E-state index contributed by atoms with van der Waals surface area (Å²) in [4.78, 5) is 154. The van der Waals surface area contributed by atoms with Crippen LogP contribution in [0.1, 0.15) is 82.9 Å². The van der Waals surface area contributed by atoms with Crippen molar-refractivity contribution in [3.63, 3.8) is 0 Å². The highest BCUT2D eigenvalue weighted by atomic mass is 16.5. The summed E-state index contributed by atoms with van der Waals surface area (Å²) in [5, 5.41) is 0. The van der Waals surface area contributed by atoms with E-state index in [1.54, 1.807) is 0 Å². The molecule has 5 aromatic carbocycles. The van der Waals surface area contributed by atoms with Gasteiger partial charge in [-0.05, 0) is 109 Å². The molecular weight excluding hydrogens is 889 g/mol. The van der Waals surface area contributed by atoms with E-state index in [1.165, 1.54) is 109 Å². The Kier molecular flexibility index (Phi) is 10.9. The Labute approximate surface area is 380 Å². The molecule has 0 N–H and O–H groups in total. The van der Waals surface area contributed by atoms with E-state index in [9.17, 15) is 57.5 Å². The Morgan fingerprint density at radius 1 is 0.309 bits per heavy atom. The normalized spacial score (nSPS) is 14.8. The van der Waals surface area contributed by atoms with Crippen molar-refractivity contribution in [3.8, 4) is 23.0 Å². The molecule has 0 unspecified atom stereocenters. The first-order valence-electron chi connectivity index (χ1n) is 19.9. The Bertz CT molecular complexity index is 2960. The van der Waals surface area contributed by atoms with Gasteiger partial charge in [0.1, 0.15) is 36.3 Å². The van der Waals surface area contributed by atoms with E-state index in [0.717, 1.165) is 43.9 Å². The minimum Gasteiger partial charge on any atom is -0.423 e. The molecule has 20 nitrogen and oxygen atoms in total. The van der Waals surface area contributed by atoms with E-state index in [2.05, 4.69) is 0 Å². The van der Waals surface area contributed by atoms with E-state index >= 15 is 0 Å². The number of rotatable bonds is 12. The topological polar surface area (TPSA) is 255 Å². The number of imide groups is 4. The van der Waals surface area contributed by atoms with Crippen molar-refractivity contribution in [2.24, 2.45) is 0 Å². The minimum absolute atomic E-state index is 0.0227. The fourth-order valence-electron chi connectivity index (χ4n) is 7.07. The zero-order valence-corrected chi connectivity index (χ0v) is 34.4. The number of ether oxygens (including phenoxy) is 4. The fourth-order valence-corrected chi connectivity index (χ4v) is 7.07. The predicted octanol–water partition coefficient (Wildman–Crippen LogP) is 3.52. The Balaban J connectivity index is 0.744. The number of hydrogen-bond donors (Lipinski definition) is 0. The van der Waals surface area contributed by atoms with Crippen LogP contribution in [0.3, 0.4) is 0 Å². The SMILES string of the molecule is O=C(Oc1ccc(OC(=O)c2ccc(OC(=O)c3ccc4c(c3)C(=O)N(CN3C(=O)C=CC3=O)C4=O)cc2)cc1)c1ccc(OC(=O)c2ccc3c(c2)C(=O)N(CN2C(=O)C=CC2=O)C3=O)cc1. The zero-order valence-electron chi connectivity index (χ0n) is 34.4. The quantitative estimate of drug-likeness (QED) is 0.0986. The van der Waals surface area contributed by atoms with Crippen LogP contribution in [-0.4, -0.2) is 104 Å². The van der Waals surface area contributed by atoms with Gasteiger partial charge in [0.15, 0.2) is 0 Å². The molecule has 5 aromatic rings. The maximum atomic E-state index is 13.0. The first kappa shape index (κ1) is 43.3. The van der Waals surface area contributed by atoms with Crippen LogP contribution < -0.4 is 18.9 Å². The first-order chi connectivity index (χ1) is 32.6. The van der Waals surface area contributed by atoms with Crippen LogP contribution in [-0.2, 0) is 19.2 Å². The summed E-state index contributed by atoms with van der Waals surface area (Å²) in [6.07, 6.45) is 4.08. The smallest absolute Gasteiger partial charge is 0.343 e.